The third-order valence-corrected chi connectivity index (χ3v) is 11.6. The molecule has 0 aromatic rings. The third-order valence-electron chi connectivity index (χ3n) is 11.6. The first-order valence-corrected chi connectivity index (χ1v) is 19.8. The van der Waals surface area contributed by atoms with Gasteiger partial charge in [0.1, 0.15) is 12.2 Å². The topological polar surface area (TPSA) is 132 Å². The Balaban J connectivity index is 2.04. The fourth-order valence-corrected chi connectivity index (χ4v) is 8.17. The zero-order chi connectivity index (χ0) is 37.8. The summed E-state index contributed by atoms with van der Waals surface area (Å²) >= 11 is 0. The second kappa shape index (κ2) is 21.3. The molecule has 11 nitrogen and oxygen atoms in total. The van der Waals surface area contributed by atoms with Crippen LogP contribution in [0.15, 0.2) is 23.8 Å². The second-order valence-electron chi connectivity index (χ2n) is 15.7. The van der Waals surface area contributed by atoms with Crippen molar-refractivity contribution < 1.29 is 39.1 Å². The van der Waals surface area contributed by atoms with Crippen LogP contribution in [0.2, 0.25) is 0 Å². The van der Waals surface area contributed by atoms with Gasteiger partial charge in [0.25, 0.3) is 0 Å². The number of carbonyl (C=O) groups is 2. The Bertz CT molecular complexity index is 1120. The molecule has 3 aliphatic heterocycles. The minimum atomic E-state index is -1.17. The van der Waals surface area contributed by atoms with E-state index in [1.807, 2.05) is 33.8 Å². The molecule has 2 fully saturated rings. The van der Waals surface area contributed by atoms with Crippen molar-refractivity contribution in [3.05, 3.63) is 23.8 Å². The number of aliphatic hydroxyl groups excluding tert-OH is 3. The van der Waals surface area contributed by atoms with E-state index in [0.717, 1.165) is 51.1 Å². The molecule has 7 unspecified atom stereocenters. The molecule has 0 aromatic heterocycles. The molecule has 0 saturated carbocycles. The molecule has 294 valence electrons. The van der Waals surface area contributed by atoms with E-state index in [-0.39, 0.29) is 30.0 Å². The monoisotopic (exact) mass is 722 g/mol. The highest BCUT2D eigenvalue weighted by molar-refractivity contribution is 5.91. The van der Waals surface area contributed by atoms with Crippen molar-refractivity contribution in [1.29, 1.82) is 0 Å². The summed E-state index contributed by atoms with van der Waals surface area (Å²) in [5.74, 6) is -1.66. The lowest BCUT2D eigenvalue weighted by Crippen LogP contribution is -2.63. The van der Waals surface area contributed by atoms with Crippen LogP contribution in [-0.2, 0) is 23.8 Å². The smallest absolute Gasteiger partial charge is 0.308 e. The minimum absolute atomic E-state index is 0.0156. The quantitative estimate of drug-likeness (QED) is 0.267. The normalized spacial score (nSPS) is 38.7. The van der Waals surface area contributed by atoms with Gasteiger partial charge in [0, 0.05) is 24.3 Å². The lowest BCUT2D eigenvalue weighted by atomic mass is 9.79. The summed E-state index contributed by atoms with van der Waals surface area (Å²) in [4.78, 5) is 33.8. The van der Waals surface area contributed by atoms with Crippen LogP contribution in [0.1, 0.15) is 93.4 Å². The first kappa shape index (κ1) is 43.7. The average Bonchev–Trinajstić information content (AvgIpc) is 3.10. The van der Waals surface area contributed by atoms with Crippen molar-refractivity contribution in [2.75, 3.05) is 53.4 Å². The van der Waals surface area contributed by atoms with Crippen molar-refractivity contribution >= 4 is 11.8 Å². The first-order valence-electron chi connectivity index (χ1n) is 19.8. The summed E-state index contributed by atoms with van der Waals surface area (Å²) in [5, 5.41) is 34.2. The summed E-state index contributed by atoms with van der Waals surface area (Å²) in [6.07, 6.45) is 4.76. The number of ether oxygens (including phenoxy) is 3. The molecule has 3 aliphatic rings. The van der Waals surface area contributed by atoms with Crippen molar-refractivity contribution in [2.24, 2.45) is 23.7 Å². The third kappa shape index (κ3) is 12.7. The number of esters is 1. The summed E-state index contributed by atoms with van der Waals surface area (Å²) < 4.78 is 19.0. The van der Waals surface area contributed by atoms with Crippen LogP contribution in [-0.4, -0.2) is 144 Å². The number of rotatable bonds is 11. The van der Waals surface area contributed by atoms with E-state index in [9.17, 15) is 24.9 Å². The average molecular weight is 722 g/mol. The van der Waals surface area contributed by atoms with Gasteiger partial charge in [-0.15, -0.1) is 0 Å². The fraction of sp³-hybridized carbons (Fsp3) is 0.850. The van der Waals surface area contributed by atoms with E-state index in [4.69, 9.17) is 14.2 Å². The zero-order valence-corrected chi connectivity index (χ0v) is 33.1. The number of piperidine rings is 1. The van der Waals surface area contributed by atoms with Gasteiger partial charge in [-0.3, -0.25) is 9.59 Å². The number of cyclic esters (lactones) is 1. The molecule has 12 atom stereocenters. The van der Waals surface area contributed by atoms with Gasteiger partial charge in [-0.05, 0) is 105 Å². The Morgan fingerprint density at radius 1 is 0.961 bits per heavy atom. The lowest BCUT2D eigenvalue weighted by Gasteiger charge is -2.47. The lowest BCUT2D eigenvalue weighted by molar-refractivity contribution is -0.304. The molecule has 3 rings (SSSR count). The molecule has 0 aromatic carbocycles. The standard InChI is InChI=1S/C40H71N3O8/c1-10-34-31(25-42(11-2)12-3)22-26(4)16-17-32(44)27(5)23-30(18-21-43-19-14-13-15-20-43)39(28(6)33(45)24-35(46)50-34)51-40-38(48)36(41(8)9)37(47)29(7)49-40/h16-17,22,27-31,33-34,36-40,45,47-48H,10-15,18-21,23-25H2,1-9H3/b17-16-,26-22+/t27?,28?,29-,30?,31?,33?,34?,36+,37-,38-,39?,40+/m1/s1. The molecule has 51 heavy (non-hydrogen) atoms. The molecule has 0 amide bonds. The van der Waals surface area contributed by atoms with E-state index in [2.05, 4.69) is 29.7 Å². The van der Waals surface area contributed by atoms with Crippen molar-refractivity contribution in [1.82, 2.24) is 14.7 Å². The highest BCUT2D eigenvalue weighted by Crippen LogP contribution is 2.35. The number of carbonyl (C=O) groups excluding carboxylic acids is 2. The van der Waals surface area contributed by atoms with Gasteiger partial charge in [-0.1, -0.05) is 58.8 Å². The first-order chi connectivity index (χ1) is 24.2. The molecular weight excluding hydrogens is 650 g/mol. The van der Waals surface area contributed by atoms with E-state index in [0.29, 0.717) is 25.8 Å². The number of hydrogen-bond acceptors (Lipinski definition) is 11. The van der Waals surface area contributed by atoms with Gasteiger partial charge in [0.2, 0.25) is 0 Å². The number of nitrogens with zero attached hydrogens (tertiary/aromatic N) is 3. The van der Waals surface area contributed by atoms with Crippen LogP contribution in [0, 0.1) is 23.7 Å². The minimum Gasteiger partial charge on any atom is -0.462 e. The van der Waals surface area contributed by atoms with Crippen LogP contribution in [0.5, 0.6) is 0 Å². The van der Waals surface area contributed by atoms with Gasteiger partial charge in [0.05, 0.1) is 36.9 Å². The van der Waals surface area contributed by atoms with Crippen molar-refractivity contribution in [3.63, 3.8) is 0 Å². The highest BCUT2D eigenvalue weighted by atomic mass is 16.7. The number of likely N-dealkylation sites (tertiary alicyclic amines) is 1. The van der Waals surface area contributed by atoms with Crippen LogP contribution < -0.4 is 0 Å². The van der Waals surface area contributed by atoms with Crippen LogP contribution >= 0.6 is 0 Å². The fourth-order valence-electron chi connectivity index (χ4n) is 8.17. The SMILES string of the molecule is CCC1OC(=O)CC(O)C(C)C(O[C@@H]2O[C@H](C)[C@@H](O)[C@H](N(C)C)[C@H]2O)C(CCN2CCCCC2)CC(C)C(=O)/C=C\C(C)=C\C1CN(CC)CC. The molecule has 11 heteroatoms. The van der Waals surface area contributed by atoms with Gasteiger partial charge in [-0.2, -0.15) is 0 Å². The van der Waals surface area contributed by atoms with Gasteiger partial charge in [-0.25, -0.2) is 0 Å². The summed E-state index contributed by atoms with van der Waals surface area (Å²) in [6.45, 7) is 19.0. The molecule has 2 saturated heterocycles. The molecule has 0 spiro atoms. The molecule has 0 radical (unpaired) electrons. The maximum Gasteiger partial charge on any atom is 0.308 e. The maximum absolute atomic E-state index is 13.7. The maximum atomic E-state index is 13.7. The summed E-state index contributed by atoms with van der Waals surface area (Å²) in [5.41, 5.74) is 0.931. The van der Waals surface area contributed by atoms with E-state index in [1.165, 1.54) is 6.42 Å². The predicted molar refractivity (Wildman–Crippen MR) is 200 cm³/mol. The zero-order valence-electron chi connectivity index (χ0n) is 33.1. The molecule has 0 aliphatic carbocycles. The second-order valence-corrected chi connectivity index (χ2v) is 15.7. The number of allylic oxidation sites excluding steroid dienone is 3. The van der Waals surface area contributed by atoms with E-state index < -0.39 is 60.8 Å². The summed E-state index contributed by atoms with van der Waals surface area (Å²) in [7, 11) is 3.59. The Kier molecular flexibility index (Phi) is 18.2. The number of ketones is 1. The number of likely N-dealkylation sites (N-methyl/N-ethyl adjacent to an activating group) is 1. The number of hydrogen-bond donors (Lipinski definition) is 3. The van der Waals surface area contributed by atoms with Gasteiger partial charge < -0.3 is 44.2 Å². The van der Waals surface area contributed by atoms with Crippen LogP contribution in [0.4, 0.5) is 0 Å². The molecular formula is C40H71N3O8. The Morgan fingerprint density at radius 2 is 1.63 bits per heavy atom. The van der Waals surface area contributed by atoms with E-state index in [1.54, 1.807) is 32.0 Å². The Hall–Kier alpha value is -1.70. The van der Waals surface area contributed by atoms with E-state index >= 15 is 0 Å². The highest BCUT2D eigenvalue weighted by Gasteiger charge is 2.47. The van der Waals surface area contributed by atoms with Gasteiger partial charge >= 0.3 is 5.97 Å². The largest absolute Gasteiger partial charge is 0.462 e. The van der Waals surface area contributed by atoms with Crippen molar-refractivity contribution in [3.8, 4) is 0 Å². The molecule has 0 bridgehead atoms. The Morgan fingerprint density at radius 3 is 2.24 bits per heavy atom. The van der Waals surface area contributed by atoms with Crippen LogP contribution in [0.3, 0.4) is 0 Å². The summed E-state index contributed by atoms with van der Waals surface area (Å²) in [6, 6.07) is -0.635. The Labute approximate surface area is 308 Å². The molecule has 3 heterocycles. The molecule has 3 N–H and O–H groups in total. The van der Waals surface area contributed by atoms with Gasteiger partial charge in [0.15, 0.2) is 12.1 Å². The van der Waals surface area contributed by atoms with Crippen LogP contribution in [0.25, 0.3) is 0 Å². The number of aliphatic hydroxyl groups is 3. The predicted octanol–water partition coefficient (Wildman–Crippen LogP) is 4.04. The van der Waals surface area contributed by atoms with Crippen molar-refractivity contribution in [2.45, 2.75) is 142 Å².